The number of carbonyl (C=O) groups excluding carboxylic acids is 1. The van der Waals surface area contributed by atoms with Gasteiger partial charge in [0.25, 0.3) is 5.69 Å². The van der Waals surface area contributed by atoms with Gasteiger partial charge in [-0.3, -0.25) is 14.9 Å². The molecule has 0 saturated heterocycles. The summed E-state index contributed by atoms with van der Waals surface area (Å²) in [6.45, 7) is 3.79. The zero-order valence-electron chi connectivity index (χ0n) is 11.3. The third-order valence-corrected chi connectivity index (χ3v) is 2.83. The molecular weight excluding hydrogens is 248 g/mol. The summed E-state index contributed by atoms with van der Waals surface area (Å²) in [7, 11) is 1.43. The summed E-state index contributed by atoms with van der Waals surface area (Å²) in [5.74, 6) is -0.00636. The Morgan fingerprint density at radius 1 is 1.53 bits per heavy atom. The second-order valence-corrected chi connectivity index (χ2v) is 4.32. The van der Waals surface area contributed by atoms with Gasteiger partial charge in [-0.15, -0.1) is 0 Å². The van der Waals surface area contributed by atoms with Crippen LogP contribution in [0.5, 0.6) is 5.75 Å². The highest BCUT2D eigenvalue weighted by Crippen LogP contribution is 2.29. The molecule has 19 heavy (non-hydrogen) atoms. The van der Waals surface area contributed by atoms with Gasteiger partial charge < -0.3 is 10.1 Å². The number of amides is 1. The lowest BCUT2D eigenvalue weighted by atomic mass is 10.1. The van der Waals surface area contributed by atoms with Crippen LogP contribution in [0.1, 0.15) is 26.7 Å². The first kappa shape index (κ1) is 14.9. The van der Waals surface area contributed by atoms with E-state index in [0.717, 1.165) is 12.8 Å². The van der Waals surface area contributed by atoms with Crippen molar-refractivity contribution < 1.29 is 14.5 Å². The molecular formula is C13H18N2O4. The molecule has 0 aliphatic carbocycles. The minimum Gasteiger partial charge on any atom is -0.496 e. The van der Waals surface area contributed by atoms with E-state index in [-0.39, 0.29) is 23.2 Å². The number of carbonyl (C=O) groups is 1. The molecule has 6 nitrogen and oxygen atoms in total. The van der Waals surface area contributed by atoms with Crippen molar-refractivity contribution in [1.29, 1.82) is 0 Å². The summed E-state index contributed by atoms with van der Waals surface area (Å²) in [5.41, 5.74) is 0.0233. The van der Waals surface area contributed by atoms with Gasteiger partial charge in [0.1, 0.15) is 11.4 Å². The molecule has 6 heteroatoms. The zero-order chi connectivity index (χ0) is 14.4. The lowest BCUT2D eigenvalue weighted by Gasteiger charge is -2.11. The number of rotatable bonds is 6. The molecule has 1 rings (SSSR count). The van der Waals surface area contributed by atoms with Gasteiger partial charge in [-0.1, -0.05) is 20.3 Å². The molecule has 0 radical (unpaired) electrons. The van der Waals surface area contributed by atoms with Gasteiger partial charge in [0.15, 0.2) is 0 Å². The van der Waals surface area contributed by atoms with Crippen molar-refractivity contribution in [1.82, 2.24) is 0 Å². The predicted octanol–water partition coefficient (Wildman–Crippen LogP) is 2.98. The first-order valence-electron chi connectivity index (χ1n) is 6.12. The summed E-state index contributed by atoms with van der Waals surface area (Å²) in [4.78, 5) is 22.3. The molecule has 0 fully saturated rings. The Morgan fingerprint density at radius 3 is 2.74 bits per heavy atom. The number of nitrogens with zero attached hydrogens (tertiary/aromatic N) is 1. The summed E-state index contributed by atoms with van der Waals surface area (Å²) in [6.07, 6.45) is 1.63. The topological polar surface area (TPSA) is 81.5 Å². The first-order valence-corrected chi connectivity index (χ1v) is 6.12. The maximum Gasteiger partial charge on any atom is 0.296 e. The molecule has 1 atom stereocenters. The van der Waals surface area contributed by atoms with E-state index >= 15 is 0 Å². The average molecular weight is 266 g/mol. The van der Waals surface area contributed by atoms with Crippen LogP contribution in [-0.4, -0.2) is 17.9 Å². The van der Waals surface area contributed by atoms with E-state index in [1.165, 1.54) is 19.2 Å². The van der Waals surface area contributed by atoms with Crippen LogP contribution in [0.2, 0.25) is 0 Å². The number of nitrogens with one attached hydrogen (secondary N) is 1. The summed E-state index contributed by atoms with van der Waals surface area (Å²) in [6, 6.07) is 4.35. The lowest BCUT2D eigenvalue weighted by Crippen LogP contribution is -2.20. The number of anilines is 1. The fraction of sp³-hybridized carbons (Fsp3) is 0.462. The molecule has 0 unspecified atom stereocenters. The maximum absolute atomic E-state index is 11.9. The van der Waals surface area contributed by atoms with Crippen LogP contribution in [0.15, 0.2) is 18.2 Å². The molecule has 0 bridgehead atoms. The average Bonchev–Trinajstić information content (AvgIpc) is 2.39. The zero-order valence-corrected chi connectivity index (χ0v) is 11.3. The minimum absolute atomic E-state index is 0.170. The van der Waals surface area contributed by atoms with Crippen LogP contribution in [-0.2, 0) is 4.79 Å². The van der Waals surface area contributed by atoms with Crippen molar-refractivity contribution in [3.63, 3.8) is 0 Å². The van der Waals surface area contributed by atoms with E-state index in [1.807, 2.05) is 6.92 Å². The molecule has 0 saturated carbocycles. The van der Waals surface area contributed by atoms with E-state index in [9.17, 15) is 14.9 Å². The molecule has 0 spiro atoms. The molecule has 0 aliphatic heterocycles. The highest BCUT2D eigenvalue weighted by atomic mass is 16.6. The van der Waals surface area contributed by atoms with Gasteiger partial charge in [0.2, 0.25) is 5.91 Å². The monoisotopic (exact) mass is 266 g/mol. The normalized spacial score (nSPS) is 11.7. The minimum atomic E-state index is -0.539. The SMILES string of the molecule is CCC[C@@H](C)C(=O)Nc1ccc(OC)cc1[N+](=O)[O-]. The lowest BCUT2D eigenvalue weighted by molar-refractivity contribution is -0.384. The van der Waals surface area contributed by atoms with Gasteiger partial charge >= 0.3 is 0 Å². The second-order valence-electron chi connectivity index (χ2n) is 4.32. The van der Waals surface area contributed by atoms with E-state index in [0.29, 0.717) is 5.75 Å². The van der Waals surface area contributed by atoms with Crippen molar-refractivity contribution in [2.24, 2.45) is 5.92 Å². The summed E-state index contributed by atoms with van der Waals surface area (Å²) in [5, 5.41) is 13.6. The molecule has 1 aromatic rings. The fourth-order valence-electron chi connectivity index (χ4n) is 1.72. The Hall–Kier alpha value is -2.11. The van der Waals surface area contributed by atoms with Gasteiger partial charge in [-0.05, 0) is 18.6 Å². The number of methoxy groups -OCH3 is 1. The number of nitro benzene ring substituents is 1. The van der Waals surface area contributed by atoms with Gasteiger partial charge in [-0.25, -0.2) is 0 Å². The maximum atomic E-state index is 11.9. The van der Waals surface area contributed by atoms with Crippen molar-refractivity contribution in [3.8, 4) is 5.75 Å². The van der Waals surface area contributed by atoms with E-state index in [4.69, 9.17) is 4.74 Å². The third kappa shape index (κ3) is 3.94. The number of ether oxygens (including phenoxy) is 1. The fourth-order valence-corrected chi connectivity index (χ4v) is 1.72. The molecule has 0 aromatic heterocycles. The van der Waals surface area contributed by atoms with Crippen LogP contribution in [0.4, 0.5) is 11.4 Å². The Morgan fingerprint density at radius 2 is 2.21 bits per heavy atom. The van der Waals surface area contributed by atoms with Gasteiger partial charge in [0, 0.05) is 5.92 Å². The van der Waals surface area contributed by atoms with Crippen LogP contribution in [0, 0.1) is 16.0 Å². The smallest absolute Gasteiger partial charge is 0.296 e. The van der Waals surface area contributed by atoms with Crippen LogP contribution in [0.25, 0.3) is 0 Å². The third-order valence-electron chi connectivity index (χ3n) is 2.83. The van der Waals surface area contributed by atoms with Crippen LogP contribution in [0.3, 0.4) is 0 Å². The molecule has 0 heterocycles. The standard InChI is InChI=1S/C13H18N2O4/c1-4-5-9(2)13(16)14-11-7-6-10(19-3)8-12(11)15(17)18/h6-9H,4-5H2,1-3H3,(H,14,16)/t9-/m1/s1. The van der Waals surface area contributed by atoms with Crippen molar-refractivity contribution in [3.05, 3.63) is 28.3 Å². The largest absolute Gasteiger partial charge is 0.496 e. The van der Waals surface area contributed by atoms with Gasteiger partial charge in [0.05, 0.1) is 18.1 Å². The number of nitro groups is 1. The van der Waals surface area contributed by atoms with Crippen LogP contribution >= 0.6 is 0 Å². The number of hydrogen-bond donors (Lipinski definition) is 1. The quantitative estimate of drug-likeness (QED) is 0.634. The Labute approximate surface area is 111 Å². The molecule has 104 valence electrons. The van der Waals surface area contributed by atoms with Gasteiger partial charge in [-0.2, -0.15) is 0 Å². The Bertz CT molecular complexity index is 474. The Balaban J connectivity index is 2.94. The van der Waals surface area contributed by atoms with Crippen molar-refractivity contribution in [2.75, 3.05) is 12.4 Å². The predicted molar refractivity (Wildman–Crippen MR) is 72.4 cm³/mol. The Kier molecular flexibility index (Phi) is 5.29. The number of hydrogen-bond acceptors (Lipinski definition) is 4. The first-order chi connectivity index (χ1) is 8.99. The van der Waals surface area contributed by atoms with E-state index in [2.05, 4.69) is 5.32 Å². The molecule has 1 amide bonds. The number of benzene rings is 1. The highest BCUT2D eigenvalue weighted by Gasteiger charge is 2.19. The van der Waals surface area contributed by atoms with E-state index in [1.54, 1.807) is 13.0 Å². The van der Waals surface area contributed by atoms with E-state index < -0.39 is 4.92 Å². The molecule has 0 aliphatic rings. The second kappa shape index (κ2) is 6.72. The highest BCUT2D eigenvalue weighted by molar-refractivity contribution is 5.94. The van der Waals surface area contributed by atoms with Crippen LogP contribution < -0.4 is 10.1 Å². The summed E-state index contributed by atoms with van der Waals surface area (Å²) >= 11 is 0. The van der Waals surface area contributed by atoms with Crippen molar-refractivity contribution >= 4 is 17.3 Å². The summed E-state index contributed by atoms with van der Waals surface area (Å²) < 4.78 is 4.93. The van der Waals surface area contributed by atoms with Crippen molar-refractivity contribution in [2.45, 2.75) is 26.7 Å². The molecule has 1 N–H and O–H groups in total. The molecule has 1 aromatic carbocycles.